The van der Waals surface area contributed by atoms with Gasteiger partial charge in [-0.15, -0.1) is 0 Å². The molecule has 0 aliphatic rings. The maximum atomic E-state index is 8.86. The summed E-state index contributed by atoms with van der Waals surface area (Å²) in [5.41, 5.74) is 11.7. The Morgan fingerprint density at radius 2 is 1.72 bits per heavy atom. The molecule has 1 heterocycles. The van der Waals surface area contributed by atoms with Gasteiger partial charge in [-0.2, -0.15) is 5.26 Å². The van der Waals surface area contributed by atoms with Gasteiger partial charge in [-0.05, 0) is 44.0 Å². The Hall–Kier alpha value is -2.34. The Kier molecular flexibility index (Phi) is 3.03. The number of nitrogen functional groups attached to an aromatic ring is 1. The van der Waals surface area contributed by atoms with Crippen LogP contribution < -0.4 is 5.73 Å². The van der Waals surface area contributed by atoms with Crippen LogP contribution in [0.3, 0.4) is 0 Å². The van der Waals surface area contributed by atoms with E-state index in [9.17, 15) is 0 Å². The summed E-state index contributed by atoms with van der Waals surface area (Å²) in [4.78, 5) is 4.32. The first-order valence-electron chi connectivity index (χ1n) is 5.77. The molecular formula is C15H15N3. The van der Waals surface area contributed by atoms with Crippen LogP contribution in [-0.4, -0.2) is 4.98 Å². The first-order chi connectivity index (χ1) is 8.52. The average Bonchev–Trinajstić information content (AvgIpc) is 2.27. The fourth-order valence-corrected chi connectivity index (χ4v) is 2.29. The molecule has 2 aromatic rings. The predicted octanol–water partition coefficient (Wildman–Crippen LogP) is 3.13. The van der Waals surface area contributed by atoms with Gasteiger partial charge < -0.3 is 5.73 Å². The number of pyridine rings is 1. The van der Waals surface area contributed by atoms with Crippen LogP contribution >= 0.6 is 0 Å². The number of nitrogens with two attached hydrogens (primary N) is 1. The quantitative estimate of drug-likeness (QED) is 0.828. The monoisotopic (exact) mass is 237 g/mol. The summed E-state index contributed by atoms with van der Waals surface area (Å²) in [7, 11) is 0. The molecule has 0 spiro atoms. The molecule has 90 valence electrons. The summed E-state index contributed by atoms with van der Waals surface area (Å²) in [6.45, 7) is 6.20. The fourth-order valence-electron chi connectivity index (χ4n) is 2.29. The molecule has 0 saturated heterocycles. The van der Waals surface area contributed by atoms with Crippen molar-refractivity contribution in [2.75, 3.05) is 5.73 Å². The third-order valence-corrected chi connectivity index (χ3v) is 2.98. The molecule has 18 heavy (non-hydrogen) atoms. The van der Waals surface area contributed by atoms with Crippen molar-refractivity contribution in [3.05, 3.63) is 46.5 Å². The van der Waals surface area contributed by atoms with E-state index in [0.717, 1.165) is 11.3 Å². The number of rotatable bonds is 1. The van der Waals surface area contributed by atoms with E-state index in [0.29, 0.717) is 5.56 Å². The van der Waals surface area contributed by atoms with E-state index in [1.807, 2.05) is 12.1 Å². The predicted molar refractivity (Wildman–Crippen MR) is 73.0 cm³/mol. The number of aryl methyl sites for hydroxylation is 3. The SMILES string of the molecule is Cc1cc(C)c(-c2ccc(C#N)c(N)n2)c(C)c1. The highest BCUT2D eigenvalue weighted by molar-refractivity contribution is 5.70. The number of nitrogens with zero attached hydrogens (tertiary/aromatic N) is 2. The van der Waals surface area contributed by atoms with Crippen LogP contribution in [0.25, 0.3) is 11.3 Å². The Labute approximate surface area is 107 Å². The van der Waals surface area contributed by atoms with Gasteiger partial charge in [0.1, 0.15) is 11.9 Å². The molecule has 0 unspecified atom stereocenters. The van der Waals surface area contributed by atoms with Gasteiger partial charge in [0.15, 0.2) is 0 Å². The van der Waals surface area contributed by atoms with E-state index in [1.54, 1.807) is 6.07 Å². The summed E-state index contributed by atoms with van der Waals surface area (Å²) in [5, 5.41) is 8.86. The highest BCUT2D eigenvalue weighted by atomic mass is 14.8. The van der Waals surface area contributed by atoms with Crippen LogP contribution in [0.2, 0.25) is 0 Å². The zero-order valence-corrected chi connectivity index (χ0v) is 10.8. The number of nitriles is 1. The van der Waals surface area contributed by atoms with Gasteiger partial charge in [0.05, 0.1) is 11.3 Å². The van der Waals surface area contributed by atoms with Crippen molar-refractivity contribution < 1.29 is 0 Å². The van der Waals surface area contributed by atoms with Gasteiger partial charge in [-0.25, -0.2) is 4.98 Å². The Balaban J connectivity index is 2.63. The van der Waals surface area contributed by atoms with Crippen LogP contribution in [0.5, 0.6) is 0 Å². The van der Waals surface area contributed by atoms with Crippen LogP contribution in [0.1, 0.15) is 22.3 Å². The Morgan fingerprint density at radius 1 is 1.11 bits per heavy atom. The third kappa shape index (κ3) is 2.05. The third-order valence-electron chi connectivity index (χ3n) is 2.98. The molecule has 1 aromatic heterocycles. The normalized spacial score (nSPS) is 10.1. The lowest BCUT2D eigenvalue weighted by atomic mass is 9.97. The largest absolute Gasteiger partial charge is 0.383 e. The van der Waals surface area contributed by atoms with Crippen LogP contribution in [0.4, 0.5) is 5.82 Å². The summed E-state index contributed by atoms with van der Waals surface area (Å²) < 4.78 is 0. The van der Waals surface area contributed by atoms with Crippen molar-refractivity contribution in [3.63, 3.8) is 0 Å². The topological polar surface area (TPSA) is 62.7 Å². The number of aromatic nitrogens is 1. The molecule has 0 saturated carbocycles. The minimum atomic E-state index is 0.286. The zero-order valence-electron chi connectivity index (χ0n) is 10.8. The first kappa shape index (κ1) is 12.1. The summed E-state index contributed by atoms with van der Waals surface area (Å²) in [5.74, 6) is 0.286. The maximum absolute atomic E-state index is 8.86. The minimum absolute atomic E-state index is 0.286. The van der Waals surface area contributed by atoms with E-state index in [-0.39, 0.29) is 5.82 Å². The van der Waals surface area contributed by atoms with E-state index < -0.39 is 0 Å². The molecule has 0 aliphatic heterocycles. The van der Waals surface area contributed by atoms with Crippen LogP contribution in [-0.2, 0) is 0 Å². The molecule has 1 aromatic carbocycles. The highest BCUT2D eigenvalue weighted by Crippen LogP contribution is 2.28. The molecule has 0 aliphatic carbocycles. The van der Waals surface area contributed by atoms with Crippen molar-refractivity contribution >= 4 is 5.82 Å². The van der Waals surface area contributed by atoms with Crippen molar-refractivity contribution in [1.29, 1.82) is 5.26 Å². The lowest BCUT2D eigenvalue weighted by Gasteiger charge is -2.11. The summed E-state index contributed by atoms with van der Waals surface area (Å²) in [6.07, 6.45) is 0. The average molecular weight is 237 g/mol. The van der Waals surface area contributed by atoms with Crippen molar-refractivity contribution in [1.82, 2.24) is 4.98 Å². The molecule has 3 nitrogen and oxygen atoms in total. The van der Waals surface area contributed by atoms with Crippen LogP contribution in [0, 0.1) is 32.1 Å². The highest BCUT2D eigenvalue weighted by Gasteiger charge is 2.09. The van der Waals surface area contributed by atoms with Gasteiger partial charge in [0.25, 0.3) is 0 Å². The van der Waals surface area contributed by atoms with Gasteiger partial charge in [-0.1, -0.05) is 17.7 Å². The van der Waals surface area contributed by atoms with Gasteiger partial charge in [-0.3, -0.25) is 0 Å². The molecule has 2 rings (SSSR count). The Bertz CT molecular complexity index is 628. The van der Waals surface area contributed by atoms with Gasteiger partial charge in [0, 0.05) is 5.56 Å². The number of benzene rings is 1. The maximum Gasteiger partial charge on any atom is 0.142 e. The molecule has 0 fully saturated rings. The molecule has 3 heteroatoms. The van der Waals surface area contributed by atoms with E-state index in [4.69, 9.17) is 11.0 Å². The van der Waals surface area contributed by atoms with Crippen molar-refractivity contribution in [3.8, 4) is 17.3 Å². The second-order valence-corrected chi connectivity index (χ2v) is 4.51. The van der Waals surface area contributed by atoms with Gasteiger partial charge in [0.2, 0.25) is 0 Å². The van der Waals surface area contributed by atoms with Crippen molar-refractivity contribution in [2.24, 2.45) is 0 Å². The second kappa shape index (κ2) is 4.50. The first-order valence-corrected chi connectivity index (χ1v) is 5.77. The molecule has 0 bridgehead atoms. The standard InChI is InChI=1S/C15H15N3/c1-9-6-10(2)14(11(3)7-9)13-5-4-12(8-16)15(17)18-13/h4-7H,1-3H3,(H2,17,18). The fraction of sp³-hybridized carbons (Fsp3) is 0.200. The number of anilines is 1. The van der Waals surface area contributed by atoms with Gasteiger partial charge >= 0.3 is 0 Å². The molecule has 0 radical (unpaired) electrons. The number of hydrogen-bond acceptors (Lipinski definition) is 3. The number of hydrogen-bond donors (Lipinski definition) is 1. The van der Waals surface area contributed by atoms with Crippen LogP contribution in [0.15, 0.2) is 24.3 Å². The van der Waals surface area contributed by atoms with E-state index >= 15 is 0 Å². The summed E-state index contributed by atoms with van der Waals surface area (Å²) in [6, 6.07) is 9.84. The summed E-state index contributed by atoms with van der Waals surface area (Å²) >= 11 is 0. The Morgan fingerprint density at radius 3 is 2.22 bits per heavy atom. The molecule has 2 N–H and O–H groups in total. The lowest BCUT2D eigenvalue weighted by Crippen LogP contribution is -1.98. The van der Waals surface area contributed by atoms with E-state index in [2.05, 4.69) is 37.9 Å². The van der Waals surface area contributed by atoms with Crippen molar-refractivity contribution in [2.45, 2.75) is 20.8 Å². The molecule has 0 amide bonds. The van der Waals surface area contributed by atoms with E-state index in [1.165, 1.54) is 16.7 Å². The zero-order chi connectivity index (χ0) is 13.3. The lowest BCUT2D eigenvalue weighted by molar-refractivity contribution is 1.26. The molecular weight excluding hydrogens is 222 g/mol. The molecule has 0 atom stereocenters. The second-order valence-electron chi connectivity index (χ2n) is 4.51. The smallest absolute Gasteiger partial charge is 0.142 e. The minimum Gasteiger partial charge on any atom is -0.383 e.